The average molecular weight is 562 g/mol. The molecule has 41 heavy (non-hydrogen) atoms. The van der Waals surface area contributed by atoms with Crippen LogP contribution in [0, 0.1) is 11.8 Å². The zero-order valence-corrected chi connectivity index (χ0v) is 23.9. The third kappa shape index (κ3) is 4.42. The predicted octanol–water partition coefficient (Wildman–Crippen LogP) is 3.63. The molecule has 5 rings (SSSR count). The average Bonchev–Trinajstić information content (AvgIpc) is 3.54. The van der Waals surface area contributed by atoms with Gasteiger partial charge in [0.05, 0.1) is 30.1 Å². The number of rotatable bonds is 11. The van der Waals surface area contributed by atoms with Crippen molar-refractivity contribution in [3.05, 3.63) is 72.8 Å². The van der Waals surface area contributed by atoms with Crippen LogP contribution in [0.15, 0.2) is 67.3 Å². The Hall–Kier alpha value is -3.69. The smallest absolute Gasteiger partial charge is 0.310 e. The van der Waals surface area contributed by atoms with Gasteiger partial charge in [-0.25, -0.2) is 0 Å². The number of aliphatic hydroxyl groups excluding tert-OH is 1. The fourth-order valence-electron chi connectivity index (χ4n) is 7.42. The first-order valence-corrected chi connectivity index (χ1v) is 14.4. The fraction of sp³-hybridized carbons (Fsp3) is 0.469. The highest BCUT2D eigenvalue weighted by Crippen LogP contribution is 2.64. The number of amides is 2. The number of carboxylic acids is 1. The molecule has 0 aliphatic carbocycles. The van der Waals surface area contributed by atoms with Crippen molar-refractivity contribution >= 4 is 29.2 Å². The van der Waals surface area contributed by atoms with E-state index in [4.69, 9.17) is 4.74 Å². The van der Waals surface area contributed by atoms with E-state index < -0.39 is 53.6 Å². The van der Waals surface area contributed by atoms with Crippen LogP contribution in [0.25, 0.3) is 0 Å². The lowest BCUT2D eigenvalue weighted by Gasteiger charge is -2.39. The quantitative estimate of drug-likeness (QED) is 0.403. The van der Waals surface area contributed by atoms with Crippen LogP contribution in [0.5, 0.6) is 0 Å². The van der Waals surface area contributed by atoms with E-state index in [1.807, 2.05) is 30.3 Å². The van der Waals surface area contributed by atoms with Crippen molar-refractivity contribution in [2.24, 2.45) is 11.8 Å². The van der Waals surface area contributed by atoms with E-state index in [2.05, 4.69) is 25.3 Å². The summed E-state index contributed by atoms with van der Waals surface area (Å²) < 4.78 is 6.55. The molecule has 2 unspecified atom stereocenters. The monoisotopic (exact) mass is 561 g/mol. The van der Waals surface area contributed by atoms with Gasteiger partial charge in [-0.1, -0.05) is 36.4 Å². The van der Waals surface area contributed by atoms with E-state index in [1.165, 1.54) is 4.90 Å². The second-order valence-electron chi connectivity index (χ2n) is 11.3. The van der Waals surface area contributed by atoms with Crippen LogP contribution in [0.1, 0.15) is 45.2 Å². The van der Waals surface area contributed by atoms with Crippen LogP contribution in [0.2, 0.25) is 0 Å². The maximum atomic E-state index is 14.7. The Morgan fingerprint density at radius 3 is 2.29 bits per heavy atom. The van der Waals surface area contributed by atoms with Gasteiger partial charge < -0.3 is 29.6 Å². The molecule has 2 aromatic carbocycles. The highest BCUT2D eigenvalue weighted by Gasteiger charge is 2.79. The molecule has 0 saturated carbocycles. The molecule has 2 aromatic rings. The lowest BCUT2D eigenvalue weighted by molar-refractivity contribution is -0.155. The summed E-state index contributed by atoms with van der Waals surface area (Å²) in [6, 6.07) is 14.7. The van der Waals surface area contributed by atoms with Crippen molar-refractivity contribution in [1.29, 1.82) is 0 Å². The Morgan fingerprint density at radius 2 is 1.73 bits per heavy atom. The van der Waals surface area contributed by atoms with Crippen molar-refractivity contribution in [3.63, 3.8) is 0 Å². The van der Waals surface area contributed by atoms with Gasteiger partial charge in [-0.15, -0.1) is 6.58 Å². The van der Waals surface area contributed by atoms with Gasteiger partial charge in [0.2, 0.25) is 5.91 Å². The number of ether oxygens (including phenoxy) is 1. The van der Waals surface area contributed by atoms with Crippen molar-refractivity contribution in [3.8, 4) is 0 Å². The Labute approximate surface area is 241 Å². The first-order valence-electron chi connectivity index (χ1n) is 14.4. The molecule has 3 aliphatic rings. The number of carboxylic acid groups (broad SMARTS) is 1. The lowest BCUT2D eigenvalue weighted by atomic mass is 9.66. The lowest BCUT2D eigenvalue weighted by Crippen LogP contribution is -2.57. The van der Waals surface area contributed by atoms with Crippen molar-refractivity contribution in [2.45, 2.75) is 56.9 Å². The first-order chi connectivity index (χ1) is 19.7. The summed E-state index contributed by atoms with van der Waals surface area (Å²) in [6.45, 7) is 11.2. The topological polar surface area (TPSA) is 111 Å². The van der Waals surface area contributed by atoms with Crippen molar-refractivity contribution in [2.75, 3.05) is 36.0 Å². The Bertz CT molecular complexity index is 1310. The molecule has 2 N–H and O–H groups in total. The minimum atomic E-state index is -1.32. The van der Waals surface area contributed by atoms with Crippen molar-refractivity contribution in [1.82, 2.24) is 4.90 Å². The van der Waals surface area contributed by atoms with Gasteiger partial charge in [-0.05, 0) is 63.4 Å². The summed E-state index contributed by atoms with van der Waals surface area (Å²) in [5.41, 5.74) is -0.0712. The highest BCUT2D eigenvalue weighted by molar-refractivity contribution is 6.05. The number of benzene rings is 2. The number of nitrogens with zero attached hydrogens (tertiary/aromatic N) is 3. The number of aliphatic carboxylic acids is 1. The van der Waals surface area contributed by atoms with Gasteiger partial charge in [0.25, 0.3) is 5.91 Å². The molecule has 2 bridgehead atoms. The van der Waals surface area contributed by atoms with E-state index >= 15 is 0 Å². The summed E-state index contributed by atoms with van der Waals surface area (Å²) >= 11 is 0. The standard InChI is InChI=1S/C32H39N3O6/c1-5-19-34(23-15-13-22(14-16-23)33(6-2)7-3)29(38)27-32-18-17-31(4,41-32)26(30(39)40)25(32)28(37)35(27)24(20-36)21-11-9-8-10-12-21/h5,8-16,24-27,36H,1,6-7,17-20H2,2-4H3,(H,39,40)/t24-,25+,26-,27?,31+,32?/m1/s1. The molecule has 2 amide bonds. The third-order valence-electron chi connectivity index (χ3n) is 9.28. The minimum absolute atomic E-state index is 0.178. The number of carbonyl (C=O) groups is 3. The summed E-state index contributed by atoms with van der Waals surface area (Å²) in [4.78, 5) is 46.8. The maximum absolute atomic E-state index is 14.7. The number of hydrogen-bond acceptors (Lipinski definition) is 6. The largest absolute Gasteiger partial charge is 0.481 e. The number of anilines is 2. The summed E-state index contributed by atoms with van der Waals surface area (Å²) in [6.07, 6.45) is 2.41. The van der Waals surface area contributed by atoms with Crippen LogP contribution in [0.4, 0.5) is 11.4 Å². The van der Waals surface area contributed by atoms with Crippen LogP contribution in [0.3, 0.4) is 0 Å². The molecule has 3 heterocycles. The van der Waals surface area contributed by atoms with E-state index in [1.54, 1.807) is 42.2 Å². The van der Waals surface area contributed by atoms with Gasteiger partial charge >= 0.3 is 5.97 Å². The maximum Gasteiger partial charge on any atom is 0.310 e. The highest BCUT2D eigenvalue weighted by atomic mass is 16.5. The van der Waals surface area contributed by atoms with E-state index in [9.17, 15) is 24.6 Å². The second kappa shape index (κ2) is 10.9. The van der Waals surface area contributed by atoms with Gasteiger partial charge in [0.15, 0.2) is 0 Å². The molecule has 3 fully saturated rings. The summed E-state index contributed by atoms with van der Waals surface area (Å²) in [5.74, 6) is -4.12. The SMILES string of the molecule is C=CCN(C(=O)C1N([C@H](CO)c2ccccc2)C(=O)[C@@H]2[C@H](C(=O)O)[C@]3(C)CCC12O3)c1ccc(N(CC)CC)cc1. The first kappa shape index (κ1) is 28.8. The molecule has 9 heteroatoms. The second-order valence-corrected chi connectivity index (χ2v) is 11.3. The summed E-state index contributed by atoms with van der Waals surface area (Å²) in [5, 5.41) is 20.9. The molecule has 3 saturated heterocycles. The molecular formula is C32H39N3O6. The molecule has 0 radical (unpaired) electrons. The van der Waals surface area contributed by atoms with Crippen LogP contribution in [-0.4, -0.2) is 76.4 Å². The molecule has 9 nitrogen and oxygen atoms in total. The van der Waals surface area contributed by atoms with E-state index in [0.29, 0.717) is 24.1 Å². The van der Waals surface area contributed by atoms with E-state index in [0.717, 1.165) is 18.8 Å². The molecular weight excluding hydrogens is 522 g/mol. The van der Waals surface area contributed by atoms with Gasteiger partial charge in [0, 0.05) is 31.0 Å². The number of fused-ring (bicyclic) bond motifs is 1. The van der Waals surface area contributed by atoms with Crippen LogP contribution < -0.4 is 9.80 Å². The molecule has 218 valence electrons. The zero-order chi connectivity index (χ0) is 29.5. The Balaban J connectivity index is 1.62. The number of likely N-dealkylation sites (tertiary alicyclic amines) is 1. The van der Waals surface area contributed by atoms with Gasteiger partial charge in [-0.3, -0.25) is 14.4 Å². The third-order valence-corrected chi connectivity index (χ3v) is 9.28. The Kier molecular flexibility index (Phi) is 7.70. The number of aliphatic hydroxyl groups is 1. The predicted molar refractivity (Wildman–Crippen MR) is 156 cm³/mol. The van der Waals surface area contributed by atoms with Crippen LogP contribution in [-0.2, 0) is 19.1 Å². The van der Waals surface area contributed by atoms with Crippen molar-refractivity contribution < 1.29 is 29.3 Å². The zero-order valence-electron chi connectivity index (χ0n) is 23.9. The number of hydrogen-bond donors (Lipinski definition) is 2. The minimum Gasteiger partial charge on any atom is -0.481 e. The van der Waals surface area contributed by atoms with E-state index in [-0.39, 0.29) is 12.5 Å². The normalized spacial score (nSPS) is 28.8. The Morgan fingerprint density at radius 1 is 1.10 bits per heavy atom. The molecule has 3 aliphatic heterocycles. The summed E-state index contributed by atoms with van der Waals surface area (Å²) in [7, 11) is 0. The van der Waals surface area contributed by atoms with Crippen LogP contribution >= 0.6 is 0 Å². The molecule has 0 aromatic heterocycles. The molecule has 1 spiro atoms. The fourth-order valence-corrected chi connectivity index (χ4v) is 7.42. The number of carbonyl (C=O) groups excluding carboxylic acids is 2. The van der Waals surface area contributed by atoms with Gasteiger partial charge in [-0.2, -0.15) is 0 Å². The van der Waals surface area contributed by atoms with Gasteiger partial charge in [0.1, 0.15) is 11.6 Å². The molecule has 6 atom stereocenters.